The summed E-state index contributed by atoms with van der Waals surface area (Å²) < 4.78 is 31.4. The van der Waals surface area contributed by atoms with Gasteiger partial charge in [0.25, 0.3) is 0 Å². The lowest BCUT2D eigenvalue weighted by molar-refractivity contribution is -0.118. The fraction of sp³-hybridized carbons (Fsp3) is 0.167. The molecule has 1 aliphatic rings. The van der Waals surface area contributed by atoms with E-state index in [1.807, 2.05) is 6.92 Å². The Morgan fingerprint density at radius 2 is 2.03 bits per heavy atom. The van der Waals surface area contributed by atoms with Crippen LogP contribution in [0.4, 0.5) is 0 Å². The SMILES string of the molecule is CCC1S/C(=N\N=C\c2cccc(OS(=O)(=O)c3cc(Br)ccc3Br)c2)NC1=O. The van der Waals surface area contributed by atoms with Gasteiger partial charge in [-0.3, -0.25) is 4.79 Å². The number of nitrogens with zero attached hydrogens (tertiary/aromatic N) is 2. The molecule has 0 aliphatic carbocycles. The van der Waals surface area contributed by atoms with Crippen molar-refractivity contribution in [1.82, 2.24) is 5.32 Å². The Balaban J connectivity index is 1.74. The van der Waals surface area contributed by atoms with Crippen LogP contribution in [0.1, 0.15) is 18.9 Å². The number of hydrogen-bond acceptors (Lipinski definition) is 7. The first kappa shape index (κ1) is 22.0. The van der Waals surface area contributed by atoms with Crippen LogP contribution in [0.2, 0.25) is 0 Å². The van der Waals surface area contributed by atoms with Crippen molar-refractivity contribution < 1.29 is 17.4 Å². The summed E-state index contributed by atoms with van der Waals surface area (Å²) in [6, 6.07) is 11.2. The van der Waals surface area contributed by atoms with Gasteiger partial charge in [0.05, 0.1) is 11.5 Å². The number of nitrogens with one attached hydrogen (secondary N) is 1. The van der Waals surface area contributed by atoms with Gasteiger partial charge in [-0.15, -0.1) is 5.10 Å². The van der Waals surface area contributed by atoms with Crippen LogP contribution in [0, 0.1) is 0 Å². The van der Waals surface area contributed by atoms with Crippen LogP contribution < -0.4 is 9.50 Å². The quantitative estimate of drug-likeness (QED) is 0.322. The van der Waals surface area contributed by atoms with Gasteiger partial charge < -0.3 is 9.50 Å². The van der Waals surface area contributed by atoms with Gasteiger partial charge in [-0.2, -0.15) is 13.5 Å². The smallest absolute Gasteiger partial charge is 0.340 e. The molecule has 0 aromatic heterocycles. The molecule has 1 aliphatic heterocycles. The summed E-state index contributed by atoms with van der Waals surface area (Å²) in [5.41, 5.74) is 0.594. The lowest BCUT2D eigenvalue weighted by Gasteiger charge is -2.09. The molecule has 0 radical (unpaired) electrons. The number of benzene rings is 2. The molecule has 7 nitrogen and oxygen atoms in total. The maximum atomic E-state index is 12.6. The van der Waals surface area contributed by atoms with Crippen molar-refractivity contribution in [1.29, 1.82) is 0 Å². The molecule has 2 aromatic rings. The van der Waals surface area contributed by atoms with E-state index in [0.29, 0.717) is 26.1 Å². The first-order valence-electron chi connectivity index (χ1n) is 8.36. The molecule has 0 bridgehead atoms. The minimum Gasteiger partial charge on any atom is -0.379 e. The molecule has 3 rings (SSSR count). The summed E-state index contributed by atoms with van der Waals surface area (Å²) in [6.07, 6.45) is 2.16. The average molecular weight is 561 g/mol. The predicted octanol–water partition coefficient (Wildman–Crippen LogP) is 4.31. The zero-order valence-electron chi connectivity index (χ0n) is 15.0. The van der Waals surface area contributed by atoms with E-state index in [1.165, 1.54) is 36.2 Å². The number of halogens is 2. The second-order valence-electron chi connectivity index (χ2n) is 5.84. The number of thioether (sulfide) groups is 1. The molecule has 0 spiro atoms. The highest BCUT2D eigenvalue weighted by molar-refractivity contribution is 9.11. The maximum absolute atomic E-state index is 12.6. The Morgan fingerprint density at radius 3 is 2.76 bits per heavy atom. The number of carbonyl (C=O) groups excluding carboxylic acids is 1. The molecule has 1 fully saturated rings. The Bertz CT molecular complexity index is 1100. The standard InChI is InChI=1S/C18H15Br2N3O4S2/c1-2-15-17(24)22-18(28-15)23-21-10-11-4-3-5-13(8-11)27-29(25,26)16-9-12(19)6-7-14(16)20/h3-10,15H,2H2,1H3,(H,22,23,24)/b21-10+. The van der Waals surface area contributed by atoms with E-state index in [2.05, 4.69) is 47.4 Å². The Kier molecular flexibility index (Phi) is 7.14. The van der Waals surface area contributed by atoms with Crippen LogP contribution in [0.15, 0.2) is 66.5 Å². The number of amidine groups is 1. The number of rotatable bonds is 6. The third-order valence-corrected chi connectivity index (χ3v) is 7.70. The molecule has 1 atom stereocenters. The zero-order valence-corrected chi connectivity index (χ0v) is 19.8. The van der Waals surface area contributed by atoms with Gasteiger partial charge in [-0.25, -0.2) is 0 Å². The summed E-state index contributed by atoms with van der Waals surface area (Å²) in [7, 11) is -4.03. The Hall–Kier alpha value is -1.69. The zero-order chi connectivity index (χ0) is 21.0. The van der Waals surface area contributed by atoms with Crippen LogP contribution in [-0.4, -0.2) is 31.0 Å². The van der Waals surface area contributed by atoms with Crippen LogP contribution in [-0.2, 0) is 14.9 Å². The van der Waals surface area contributed by atoms with Crippen molar-refractivity contribution in [3.63, 3.8) is 0 Å². The summed E-state index contributed by atoms with van der Waals surface area (Å²) >= 11 is 7.81. The van der Waals surface area contributed by atoms with E-state index in [0.717, 1.165) is 0 Å². The fourth-order valence-corrected chi connectivity index (χ4v) is 5.59. The van der Waals surface area contributed by atoms with Gasteiger partial charge in [0.2, 0.25) is 5.91 Å². The van der Waals surface area contributed by atoms with Crippen molar-refractivity contribution in [3.05, 3.63) is 57.0 Å². The first-order chi connectivity index (χ1) is 13.8. The van der Waals surface area contributed by atoms with E-state index in [9.17, 15) is 13.2 Å². The number of amides is 1. The molecule has 1 N–H and O–H groups in total. The highest BCUT2D eigenvalue weighted by atomic mass is 79.9. The molecule has 152 valence electrons. The molecule has 1 unspecified atom stereocenters. The van der Waals surface area contributed by atoms with Crippen molar-refractivity contribution in [3.8, 4) is 5.75 Å². The van der Waals surface area contributed by atoms with Crippen molar-refractivity contribution in [2.45, 2.75) is 23.5 Å². The van der Waals surface area contributed by atoms with E-state index in [4.69, 9.17) is 4.18 Å². The molecule has 29 heavy (non-hydrogen) atoms. The normalized spacial score (nSPS) is 18.4. The third-order valence-electron chi connectivity index (χ3n) is 3.73. The van der Waals surface area contributed by atoms with Crippen LogP contribution >= 0.6 is 43.6 Å². The molecular weight excluding hydrogens is 546 g/mol. The van der Waals surface area contributed by atoms with Gasteiger partial charge in [-0.05, 0) is 58.2 Å². The summed E-state index contributed by atoms with van der Waals surface area (Å²) in [4.78, 5) is 11.7. The van der Waals surface area contributed by atoms with Gasteiger partial charge in [-0.1, -0.05) is 46.7 Å². The monoisotopic (exact) mass is 559 g/mol. The third kappa shape index (κ3) is 5.68. The molecule has 1 amide bonds. The lowest BCUT2D eigenvalue weighted by atomic mass is 10.2. The van der Waals surface area contributed by atoms with Gasteiger partial charge >= 0.3 is 10.1 Å². The second-order valence-corrected chi connectivity index (χ2v) is 10.3. The van der Waals surface area contributed by atoms with Gasteiger partial charge in [0.1, 0.15) is 10.6 Å². The Labute approximate surface area is 189 Å². The van der Waals surface area contributed by atoms with Gasteiger partial charge in [0.15, 0.2) is 5.17 Å². The van der Waals surface area contributed by atoms with E-state index < -0.39 is 10.1 Å². The van der Waals surface area contributed by atoms with Crippen LogP contribution in [0.5, 0.6) is 5.75 Å². The van der Waals surface area contributed by atoms with E-state index in [1.54, 1.807) is 24.3 Å². The minimum atomic E-state index is -4.03. The first-order valence-corrected chi connectivity index (χ1v) is 12.2. The van der Waals surface area contributed by atoms with E-state index in [-0.39, 0.29) is 21.8 Å². The molecule has 2 aromatic carbocycles. The number of carbonyl (C=O) groups is 1. The second kappa shape index (κ2) is 9.41. The van der Waals surface area contributed by atoms with Gasteiger partial charge in [0, 0.05) is 8.95 Å². The highest BCUT2D eigenvalue weighted by Crippen LogP contribution is 2.28. The van der Waals surface area contributed by atoms with Crippen molar-refractivity contribution in [2.75, 3.05) is 0 Å². The fourth-order valence-electron chi connectivity index (χ4n) is 2.36. The maximum Gasteiger partial charge on any atom is 0.340 e. The average Bonchev–Trinajstić information content (AvgIpc) is 3.03. The lowest BCUT2D eigenvalue weighted by Crippen LogP contribution is -2.24. The van der Waals surface area contributed by atoms with Crippen molar-refractivity contribution >= 4 is 71.0 Å². The van der Waals surface area contributed by atoms with E-state index >= 15 is 0 Å². The summed E-state index contributed by atoms with van der Waals surface area (Å²) in [6.45, 7) is 1.93. The minimum absolute atomic E-state index is 0.0109. The Morgan fingerprint density at radius 1 is 1.24 bits per heavy atom. The summed E-state index contributed by atoms with van der Waals surface area (Å²) in [5.74, 6) is 0.0637. The number of hydrogen-bond donors (Lipinski definition) is 1. The topological polar surface area (TPSA) is 97.2 Å². The molecule has 1 heterocycles. The summed E-state index contributed by atoms with van der Waals surface area (Å²) in [5, 5.41) is 10.9. The highest BCUT2D eigenvalue weighted by Gasteiger charge is 2.28. The molecular formula is C18H15Br2N3O4S2. The van der Waals surface area contributed by atoms with Crippen molar-refractivity contribution in [2.24, 2.45) is 10.2 Å². The largest absolute Gasteiger partial charge is 0.379 e. The molecule has 1 saturated heterocycles. The van der Waals surface area contributed by atoms with Crippen LogP contribution in [0.25, 0.3) is 0 Å². The molecule has 0 saturated carbocycles. The van der Waals surface area contributed by atoms with Crippen LogP contribution in [0.3, 0.4) is 0 Å². The molecule has 11 heteroatoms. The predicted molar refractivity (Wildman–Crippen MR) is 121 cm³/mol.